The van der Waals surface area contributed by atoms with Gasteiger partial charge in [-0.15, -0.1) is 0 Å². The molecule has 1 saturated heterocycles. The monoisotopic (exact) mass is 215 g/mol. The minimum absolute atomic E-state index is 0.278. The topological polar surface area (TPSA) is 66.8 Å². The third kappa shape index (κ3) is 3.42. The summed E-state index contributed by atoms with van der Waals surface area (Å²) >= 11 is 0. The Kier molecular flexibility index (Phi) is 4.39. The van der Waals surface area contributed by atoms with E-state index in [0.717, 1.165) is 12.8 Å². The van der Waals surface area contributed by atoms with Gasteiger partial charge in [0, 0.05) is 13.1 Å². The van der Waals surface area contributed by atoms with E-state index in [-0.39, 0.29) is 12.6 Å². The zero-order chi connectivity index (χ0) is 11.3. The van der Waals surface area contributed by atoms with Gasteiger partial charge in [-0.1, -0.05) is 13.3 Å². The van der Waals surface area contributed by atoms with Crippen LogP contribution in [0.3, 0.4) is 0 Å². The SMILES string of the molecule is CCCCOC(=O)N1CC[C@@H](C(=O)O)C1. The van der Waals surface area contributed by atoms with Crippen LogP contribution in [-0.4, -0.2) is 41.8 Å². The van der Waals surface area contributed by atoms with E-state index >= 15 is 0 Å². The number of hydrogen-bond acceptors (Lipinski definition) is 3. The van der Waals surface area contributed by atoms with Gasteiger partial charge >= 0.3 is 12.1 Å². The van der Waals surface area contributed by atoms with Gasteiger partial charge in [0.25, 0.3) is 0 Å². The lowest BCUT2D eigenvalue weighted by Crippen LogP contribution is -2.30. The molecule has 0 aliphatic carbocycles. The molecule has 0 aromatic heterocycles. The average molecular weight is 215 g/mol. The number of nitrogens with zero attached hydrogens (tertiary/aromatic N) is 1. The zero-order valence-corrected chi connectivity index (χ0v) is 8.94. The van der Waals surface area contributed by atoms with Crippen LogP contribution in [-0.2, 0) is 9.53 Å². The first-order valence-corrected chi connectivity index (χ1v) is 5.29. The molecule has 15 heavy (non-hydrogen) atoms. The minimum Gasteiger partial charge on any atom is -0.481 e. The molecule has 86 valence electrons. The van der Waals surface area contributed by atoms with E-state index in [4.69, 9.17) is 9.84 Å². The Bertz CT molecular complexity index is 242. The number of carbonyl (C=O) groups excluding carboxylic acids is 1. The second-order valence-electron chi connectivity index (χ2n) is 3.74. The highest BCUT2D eigenvalue weighted by molar-refractivity contribution is 5.74. The Morgan fingerprint density at radius 3 is 2.80 bits per heavy atom. The van der Waals surface area contributed by atoms with Crippen LogP contribution < -0.4 is 0 Å². The number of carbonyl (C=O) groups is 2. The molecule has 0 saturated carbocycles. The maximum atomic E-state index is 11.4. The lowest BCUT2D eigenvalue weighted by atomic mass is 10.1. The average Bonchev–Trinajstić information content (AvgIpc) is 2.66. The molecular weight excluding hydrogens is 198 g/mol. The molecule has 1 heterocycles. The summed E-state index contributed by atoms with van der Waals surface area (Å²) in [7, 11) is 0. The van der Waals surface area contributed by atoms with Gasteiger partial charge in [-0.2, -0.15) is 0 Å². The second kappa shape index (κ2) is 5.58. The Balaban J connectivity index is 2.27. The molecule has 0 aromatic rings. The summed E-state index contributed by atoms with van der Waals surface area (Å²) < 4.78 is 4.99. The number of ether oxygens (including phenoxy) is 1. The summed E-state index contributed by atoms with van der Waals surface area (Å²) in [6.07, 6.45) is 1.97. The molecule has 1 N–H and O–H groups in total. The van der Waals surface area contributed by atoms with Crippen molar-refractivity contribution in [3.63, 3.8) is 0 Å². The fourth-order valence-corrected chi connectivity index (χ4v) is 1.52. The number of amides is 1. The molecule has 1 amide bonds. The predicted octanol–water partition coefficient (Wildman–Crippen LogP) is 1.33. The molecular formula is C10H17NO4. The fraction of sp³-hybridized carbons (Fsp3) is 0.800. The van der Waals surface area contributed by atoms with Crippen LogP contribution in [0.5, 0.6) is 0 Å². The maximum absolute atomic E-state index is 11.4. The fourth-order valence-electron chi connectivity index (χ4n) is 1.52. The highest BCUT2D eigenvalue weighted by atomic mass is 16.6. The van der Waals surface area contributed by atoms with Gasteiger partial charge in [0.05, 0.1) is 12.5 Å². The number of hydrogen-bond donors (Lipinski definition) is 1. The summed E-state index contributed by atoms with van der Waals surface area (Å²) in [5.74, 6) is -1.26. The summed E-state index contributed by atoms with van der Waals surface area (Å²) in [6, 6.07) is 0. The molecule has 5 nitrogen and oxygen atoms in total. The highest BCUT2D eigenvalue weighted by Crippen LogP contribution is 2.17. The number of aliphatic carboxylic acids is 1. The molecule has 1 aliphatic heterocycles. The van der Waals surface area contributed by atoms with Gasteiger partial charge in [-0.25, -0.2) is 4.79 Å². The Hall–Kier alpha value is -1.26. The van der Waals surface area contributed by atoms with Crippen LogP contribution in [0, 0.1) is 5.92 Å². The zero-order valence-electron chi connectivity index (χ0n) is 8.94. The third-order valence-corrected chi connectivity index (χ3v) is 2.52. The van der Waals surface area contributed by atoms with Crippen LogP contribution in [0.4, 0.5) is 4.79 Å². The van der Waals surface area contributed by atoms with Crippen molar-refractivity contribution in [3.05, 3.63) is 0 Å². The molecule has 0 unspecified atom stereocenters. The van der Waals surface area contributed by atoms with Gasteiger partial charge in [0.15, 0.2) is 0 Å². The number of rotatable bonds is 4. The number of carboxylic acid groups (broad SMARTS) is 1. The lowest BCUT2D eigenvalue weighted by Gasteiger charge is -2.15. The standard InChI is InChI=1S/C10H17NO4/c1-2-3-6-15-10(14)11-5-4-8(7-11)9(12)13/h8H,2-7H2,1H3,(H,12,13)/t8-/m1/s1. The van der Waals surface area contributed by atoms with E-state index in [1.54, 1.807) is 0 Å². The Morgan fingerprint density at radius 2 is 2.27 bits per heavy atom. The molecule has 0 spiro atoms. The lowest BCUT2D eigenvalue weighted by molar-refractivity contribution is -0.141. The van der Waals surface area contributed by atoms with Crippen LogP contribution >= 0.6 is 0 Å². The summed E-state index contributed by atoms with van der Waals surface area (Å²) in [5, 5.41) is 8.75. The maximum Gasteiger partial charge on any atom is 0.409 e. The number of unbranched alkanes of at least 4 members (excludes halogenated alkanes) is 1. The van der Waals surface area contributed by atoms with Crippen molar-refractivity contribution in [1.82, 2.24) is 4.90 Å². The first-order valence-electron chi connectivity index (χ1n) is 5.29. The number of likely N-dealkylation sites (tertiary alicyclic amines) is 1. The van der Waals surface area contributed by atoms with Crippen LogP contribution in [0.15, 0.2) is 0 Å². The molecule has 1 fully saturated rings. The smallest absolute Gasteiger partial charge is 0.409 e. The quantitative estimate of drug-likeness (QED) is 0.718. The van der Waals surface area contributed by atoms with Crippen molar-refractivity contribution in [2.45, 2.75) is 26.2 Å². The summed E-state index contributed by atoms with van der Waals surface area (Å²) in [4.78, 5) is 23.5. The van der Waals surface area contributed by atoms with Crippen molar-refractivity contribution in [2.75, 3.05) is 19.7 Å². The van der Waals surface area contributed by atoms with Crippen LogP contribution in [0.2, 0.25) is 0 Å². The first kappa shape index (κ1) is 11.8. The van der Waals surface area contributed by atoms with Crippen molar-refractivity contribution < 1.29 is 19.4 Å². The predicted molar refractivity (Wildman–Crippen MR) is 53.6 cm³/mol. The highest BCUT2D eigenvalue weighted by Gasteiger charge is 2.31. The van der Waals surface area contributed by atoms with E-state index < -0.39 is 11.9 Å². The van der Waals surface area contributed by atoms with E-state index in [2.05, 4.69) is 0 Å². The van der Waals surface area contributed by atoms with E-state index in [9.17, 15) is 9.59 Å². The second-order valence-corrected chi connectivity index (χ2v) is 3.74. The van der Waals surface area contributed by atoms with E-state index in [1.807, 2.05) is 6.92 Å². The molecule has 5 heteroatoms. The van der Waals surface area contributed by atoms with Gasteiger partial charge in [-0.05, 0) is 12.8 Å². The molecule has 0 radical (unpaired) electrons. The Morgan fingerprint density at radius 1 is 1.53 bits per heavy atom. The van der Waals surface area contributed by atoms with E-state index in [0.29, 0.717) is 19.6 Å². The van der Waals surface area contributed by atoms with Crippen LogP contribution in [0.1, 0.15) is 26.2 Å². The third-order valence-electron chi connectivity index (χ3n) is 2.52. The van der Waals surface area contributed by atoms with Crippen molar-refractivity contribution in [3.8, 4) is 0 Å². The van der Waals surface area contributed by atoms with Crippen molar-refractivity contribution in [2.24, 2.45) is 5.92 Å². The Labute approximate surface area is 89.0 Å². The van der Waals surface area contributed by atoms with Crippen LogP contribution in [0.25, 0.3) is 0 Å². The van der Waals surface area contributed by atoms with E-state index in [1.165, 1.54) is 4.90 Å². The molecule has 1 aliphatic rings. The van der Waals surface area contributed by atoms with Crippen molar-refractivity contribution >= 4 is 12.1 Å². The minimum atomic E-state index is -0.834. The van der Waals surface area contributed by atoms with Gasteiger partial charge < -0.3 is 14.7 Å². The molecule has 1 atom stereocenters. The van der Waals surface area contributed by atoms with Gasteiger partial charge in [-0.3, -0.25) is 4.79 Å². The van der Waals surface area contributed by atoms with Crippen molar-refractivity contribution in [1.29, 1.82) is 0 Å². The van der Waals surface area contributed by atoms with Gasteiger partial charge in [0.2, 0.25) is 0 Å². The van der Waals surface area contributed by atoms with Gasteiger partial charge in [0.1, 0.15) is 0 Å². The molecule has 0 aromatic carbocycles. The first-order chi connectivity index (χ1) is 7.15. The summed E-state index contributed by atoms with van der Waals surface area (Å²) in [5.41, 5.74) is 0. The normalized spacial score (nSPS) is 20.3. The molecule has 1 rings (SSSR count). The molecule has 0 bridgehead atoms. The summed E-state index contributed by atoms with van der Waals surface area (Å²) in [6.45, 7) is 3.20. The largest absolute Gasteiger partial charge is 0.481 e. The number of carboxylic acids is 1.